The van der Waals surface area contributed by atoms with Gasteiger partial charge in [0.05, 0.1) is 18.1 Å². The van der Waals surface area contributed by atoms with E-state index >= 15 is 0 Å². The van der Waals surface area contributed by atoms with E-state index in [0.29, 0.717) is 5.92 Å². The molecule has 0 spiro atoms. The summed E-state index contributed by atoms with van der Waals surface area (Å²) in [4.78, 5) is 8.12. The first-order valence-corrected chi connectivity index (χ1v) is 6.46. The van der Waals surface area contributed by atoms with E-state index in [-0.39, 0.29) is 0 Å². The fraction of sp³-hybridized carbons (Fsp3) is 0.188. The van der Waals surface area contributed by atoms with Crippen molar-refractivity contribution in [3.05, 3.63) is 59.4 Å². The molecule has 3 heteroatoms. The predicted octanol–water partition coefficient (Wildman–Crippen LogP) is 3.26. The molecule has 0 bridgehead atoms. The number of rotatable bonds is 2. The minimum Gasteiger partial charge on any atom is -0.497 e. The molecule has 0 radical (unpaired) electrons. The van der Waals surface area contributed by atoms with E-state index in [9.17, 15) is 0 Å². The van der Waals surface area contributed by atoms with Crippen molar-refractivity contribution < 1.29 is 4.74 Å². The minimum atomic E-state index is 0.412. The van der Waals surface area contributed by atoms with Gasteiger partial charge in [-0.25, -0.2) is 4.98 Å². The van der Waals surface area contributed by atoms with Crippen LogP contribution in [-0.4, -0.2) is 17.1 Å². The molecule has 0 amide bonds. The molecule has 3 nitrogen and oxygen atoms in total. The summed E-state index contributed by atoms with van der Waals surface area (Å²) in [6.07, 6.45) is 1.08. The summed E-state index contributed by atoms with van der Waals surface area (Å²) in [7, 11) is 1.68. The molecule has 0 saturated carbocycles. The van der Waals surface area contributed by atoms with Crippen LogP contribution in [0.2, 0.25) is 0 Å². The van der Waals surface area contributed by atoms with Crippen LogP contribution < -0.4 is 4.74 Å². The lowest BCUT2D eigenvalue weighted by atomic mass is 9.77. The van der Waals surface area contributed by atoms with Crippen molar-refractivity contribution in [3.63, 3.8) is 0 Å². The molecule has 0 fully saturated rings. The van der Waals surface area contributed by atoms with Gasteiger partial charge in [0.1, 0.15) is 11.6 Å². The van der Waals surface area contributed by atoms with Crippen molar-refractivity contribution in [2.24, 2.45) is 0 Å². The van der Waals surface area contributed by atoms with E-state index in [1.54, 1.807) is 7.11 Å². The third kappa shape index (κ3) is 1.55. The van der Waals surface area contributed by atoms with E-state index in [1.807, 2.05) is 18.2 Å². The number of imidazole rings is 1. The highest BCUT2D eigenvalue weighted by Crippen LogP contribution is 2.39. The molecule has 1 atom stereocenters. The zero-order valence-corrected chi connectivity index (χ0v) is 10.7. The Balaban J connectivity index is 1.77. The van der Waals surface area contributed by atoms with E-state index in [0.717, 1.165) is 29.0 Å². The predicted molar refractivity (Wildman–Crippen MR) is 74.6 cm³/mol. The molecule has 0 saturated heterocycles. The highest BCUT2D eigenvalue weighted by Gasteiger charge is 2.29. The topological polar surface area (TPSA) is 37.9 Å². The molecule has 4 rings (SSSR count). The molecular weight excluding hydrogens is 236 g/mol. The monoisotopic (exact) mass is 250 g/mol. The number of nitrogens with one attached hydrogen (secondary N) is 1. The van der Waals surface area contributed by atoms with Crippen LogP contribution in [0.15, 0.2) is 42.5 Å². The molecule has 2 aromatic carbocycles. The zero-order valence-electron chi connectivity index (χ0n) is 10.7. The van der Waals surface area contributed by atoms with Crippen molar-refractivity contribution in [2.75, 3.05) is 7.11 Å². The molecule has 3 aromatic rings. The second-order valence-electron chi connectivity index (χ2n) is 4.96. The number of hydrogen-bond donors (Lipinski definition) is 1. The summed E-state index contributed by atoms with van der Waals surface area (Å²) in [5, 5.41) is 0. The Kier molecular flexibility index (Phi) is 2.15. The van der Waals surface area contributed by atoms with Gasteiger partial charge in [-0.05, 0) is 29.7 Å². The van der Waals surface area contributed by atoms with E-state index in [4.69, 9.17) is 9.72 Å². The molecule has 19 heavy (non-hydrogen) atoms. The van der Waals surface area contributed by atoms with Gasteiger partial charge in [0.2, 0.25) is 0 Å². The Hall–Kier alpha value is -2.29. The van der Waals surface area contributed by atoms with Crippen molar-refractivity contribution in [1.29, 1.82) is 0 Å². The second kappa shape index (κ2) is 3.85. The van der Waals surface area contributed by atoms with E-state index < -0.39 is 0 Å². The first-order chi connectivity index (χ1) is 9.35. The zero-order chi connectivity index (χ0) is 12.8. The van der Waals surface area contributed by atoms with Crippen LogP contribution in [0.3, 0.4) is 0 Å². The van der Waals surface area contributed by atoms with Crippen LogP contribution in [0.1, 0.15) is 22.9 Å². The van der Waals surface area contributed by atoms with Crippen molar-refractivity contribution in [3.8, 4) is 5.75 Å². The van der Waals surface area contributed by atoms with Crippen molar-refractivity contribution in [1.82, 2.24) is 9.97 Å². The number of hydrogen-bond acceptors (Lipinski definition) is 2. The maximum absolute atomic E-state index is 5.24. The Labute approximate surface area is 111 Å². The van der Waals surface area contributed by atoms with E-state index in [2.05, 4.69) is 29.2 Å². The number of methoxy groups -OCH3 is 1. The molecule has 1 aromatic heterocycles. The summed E-state index contributed by atoms with van der Waals surface area (Å²) in [5.41, 5.74) is 4.87. The Bertz CT molecular complexity index is 760. The maximum atomic E-state index is 5.24. The highest BCUT2D eigenvalue weighted by atomic mass is 16.5. The van der Waals surface area contributed by atoms with Crippen LogP contribution >= 0.6 is 0 Å². The highest BCUT2D eigenvalue weighted by molar-refractivity contribution is 5.77. The molecule has 1 unspecified atom stereocenters. The summed E-state index contributed by atoms with van der Waals surface area (Å²) >= 11 is 0. The quantitative estimate of drug-likeness (QED) is 0.758. The van der Waals surface area contributed by atoms with Gasteiger partial charge < -0.3 is 9.72 Å². The molecule has 1 aliphatic rings. The number of nitrogens with zero attached hydrogens (tertiary/aromatic N) is 1. The van der Waals surface area contributed by atoms with Gasteiger partial charge in [0.15, 0.2) is 0 Å². The number of fused-ring (bicyclic) bond motifs is 2. The third-order valence-corrected chi connectivity index (χ3v) is 3.89. The summed E-state index contributed by atoms with van der Waals surface area (Å²) in [6, 6.07) is 14.5. The van der Waals surface area contributed by atoms with Crippen molar-refractivity contribution in [2.45, 2.75) is 12.3 Å². The molecule has 1 N–H and O–H groups in total. The van der Waals surface area contributed by atoms with E-state index in [1.165, 1.54) is 11.1 Å². The lowest BCUT2D eigenvalue weighted by molar-refractivity contribution is 0.415. The van der Waals surface area contributed by atoms with Gasteiger partial charge in [-0.1, -0.05) is 24.3 Å². The van der Waals surface area contributed by atoms with Crippen LogP contribution in [0.4, 0.5) is 0 Å². The van der Waals surface area contributed by atoms with Crippen LogP contribution in [0.25, 0.3) is 11.0 Å². The Morgan fingerprint density at radius 1 is 1.21 bits per heavy atom. The normalized spacial score (nSPS) is 17.0. The Morgan fingerprint density at radius 2 is 2.11 bits per heavy atom. The first kappa shape index (κ1) is 10.6. The summed E-state index contributed by atoms with van der Waals surface area (Å²) < 4.78 is 5.24. The number of H-pyrrole nitrogens is 1. The smallest absolute Gasteiger partial charge is 0.121 e. The largest absolute Gasteiger partial charge is 0.497 e. The average molecular weight is 250 g/mol. The fourth-order valence-electron chi connectivity index (χ4n) is 2.80. The number of benzene rings is 2. The average Bonchev–Trinajstić information content (AvgIpc) is 2.82. The maximum Gasteiger partial charge on any atom is 0.121 e. The summed E-state index contributed by atoms with van der Waals surface area (Å²) in [5.74, 6) is 2.33. The van der Waals surface area contributed by atoms with Crippen LogP contribution in [0, 0.1) is 0 Å². The van der Waals surface area contributed by atoms with Crippen LogP contribution in [0.5, 0.6) is 5.75 Å². The summed E-state index contributed by atoms with van der Waals surface area (Å²) in [6.45, 7) is 0. The molecule has 94 valence electrons. The molecule has 0 aliphatic heterocycles. The molecule has 1 heterocycles. The standard InChI is InChI=1S/C16H14N2O/c1-19-11-6-7-14-15(9-11)18-16(17-14)13-8-10-4-2-3-5-12(10)13/h2-7,9,13H,8H2,1H3,(H,17,18). The lowest BCUT2D eigenvalue weighted by Gasteiger charge is -2.28. The van der Waals surface area contributed by atoms with Gasteiger partial charge in [0.25, 0.3) is 0 Å². The van der Waals surface area contributed by atoms with Gasteiger partial charge in [-0.2, -0.15) is 0 Å². The number of aromatic amines is 1. The fourth-order valence-corrected chi connectivity index (χ4v) is 2.80. The third-order valence-electron chi connectivity index (χ3n) is 3.89. The van der Waals surface area contributed by atoms with Crippen LogP contribution in [-0.2, 0) is 6.42 Å². The van der Waals surface area contributed by atoms with Crippen molar-refractivity contribution >= 4 is 11.0 Å². The van der Waals surface area contributed by atoms with Gasteiger partial charge >= 0.3 is 0 Å². The molecular formula is C16H14N2O. The van der Waals surface area contributed by atoms with Gasteiger partial charge in [-0.15, -0.1) is 0 Å². The second-order valence-corrected chi connectivity index (χ2v) is 4.96. The molecule has 1 aliphatic carbocycles. The minimum absolute atomic E-state index is 0.412. The first-order valence-electron chi connectivity index (χ1n) is 6.46. The Morgan fingerprint density at radius 3 is 2.95 bits per heavy atom. The lowest BCUT2D eigenvalue weighted by Crippen LogP contribution is -2.18. The van der Waals surface area contributed by atoms with Gasteiger partial charge in [-0.3, -0.25) is 0 Å². The van der Waals surface area contributed by atoms with Gasteiger partial charge in [0, 0.05) is 12.0 Å². The number of ether oxygens (including phenoxy) is 1. The SMILES string of the molecule is COc1ccc2nc(C3Cc4ccccc43)[nH]c2c1. The number of aromatic nitrogens is 2.